The van der Waals surface area contributed by atoms with Gasteiger partial charge in [-0.2, -0.15) is 0 Å². The van der Waals surface area contributed by atoms with Crippen LogP contribution < -0.4 is 10.9 Å². The van der Waals surface area contributed by atoms with Gasteiger partial charge in [-0.3, -0.25) is 14.9 Å². The number of rotatable bonds is 7. The van der Waals surface area contributed by atoms with E-state index in [0.29, 0.717) is 24.4 Å². The third kappa shape index (κ3) is 3.54. The molecular weight excluding hydrogens is 276 g/mol. The highest BCUT2D eigenvalue weighted by Gasteiger charge is 2.16. The number of nitro groups is 1. The van der Waals surface area contributed by atoms with Gasteiger partial charge in [0.2, 0.25) is 0 Å². The minimum Gasteiger partial charge on any atom is -0.385 e. The number of methoxy groups -OCH3 is 1. The van der Waals surface area contributed by atoms with Crippen LogP contribution in [0.3, 0.4) is 0 Å². The number of aromatic nitrogens is 2. The van der Waals surface area contributed by atoms with Gasteiger partial charge in [0, 0.05) is 26.3 Å². The van der Waals surface area contributed by atoms with Crippen LogP contribution in [0.1, 0.15) is 12.8 Å². The van der Waals surface area contributed by atoms with Crippen LogP contribution in [0, 0.1) is 10.1 Å². The van der Waals surface area contributed by atoms with E-state index >= 15 is 0 Å². The molecule has 21 heavy (non-hydrogen) atoms. The van der Waals surface area contributed by atoms with E-state index in [-0.39, 0.29) is 11.1 Å². The average molecular weight is 292 g/mol. The van der Waals surface area contributed by atoms with Crippen LogP contribution in [-0.2, 0) is 4.74 Å². The van der Waals surface area contributed by atoms with Gasteiger partial charge in [-0.05, 0) is 18.9 Å². The summed E-state index contributed by atoms with van der Waals surface area (Å²) in [5.74, 6) is 0. The van der Waals surface area contributed by atoms with Gasteiger partial charge in [0.1, 0.15) is 5.69 Å². The molecule has 1 aromatic heterocycles. The Labute approximate surface area is 120 Å². The zero-order valence-corrected chi connectivity index (χ0v) is 11.6. The fourth-order valence-electron chi connectivity index (χ4n) is 1.99. The number of anilines is 1. The van der Waals surface area contributed by atoms with E-state index in [1.54, 1.807) is 7.11 Å². The van der Waals surface area contributed by atoms with Crippen molar-refractivity contribution in [2.45, 2.75) is 12.8 Å². The predicted octanol–water partition coefficient (Wildman–Crippen LogP) is 1.67. The number of hydrogen-bond acceptors (Lipinski definition) is 6. The monoisotopic (exact) mass is 292 g/mol. The minimum absolute atomic E-state index is 0.132. The molecule has 0 spiro atoms. The molecule has 2 rings (SSSR count). The molecule has 0 aliphatic rings. The second-order valence-corrected chi connectivity index (χ2v) is 4.50. The summed E-state index contributed by atoms with van der Waals surface area (Å²) in [5.41, 5.74) is 0.259. The molecule has 8 heteroatoms. The first-order chi connectivity index (χ1) is 10.1. The van der Waals surface area contributed by atoms with Crippen molar-refractivity contribution in [1.29, 1.82) is 0 Å². The highest BCUT2D eigenvalue weighted by molar-refractivity contribution is 5.86. The highest BCUT2D eigenvalue weighted by Crippen LogP contribution is 2.27. The molecule has 0 saturated carbocycles. The molecule has 1 heterocycles. The fourth-order valence-corrected chi connectivity index (χ4v) is 1.99. The molecule has 0 amide bonds. The van der Waals surface area contributed by atoms with Crippen molar-refractivity contribution in [2.75, 3.05) is 25.6 Å². The van der Waals surface area contributed by atoms with Crippen molar-refractivity contribution in [3.63, 3.8) is 0 Å². The van der Waals surface area contributed by atoms with Crippen molar-refractivity contribution in [3.05, 3.63) is 38.9 Å². The molecule has 0 bridgehead atoms. The van der Waals surface area contributed by atoms with Gasteiger partial charge < -0.3 is 15.0 Å². The van der Waals surface area contributed by atoms with Gasteiger partial charge in [-0.15, -0.1) is 0 Å². The van der Waals surface area contributed by atoms with Crippen molar-refractivity contribution in [3.8, 4) is 0 Å². The first-order valence-corrected chi connectivity index (χ1v) is 6.52. The summed E-state index contributed by atoms with van der Waals surface area (Å²) in [7, 11) is 1.63. The van der Waals surface area contributed by atoms with Gasteiger partial charge in [0.05, 0.1) is 22.2 Å². The van der Waals surface area contributed by atoms with Crippen molar-refractivity contribution in [1.82, 2.24) is 9.97 Å². The average Bonchev–Trinajstić information content (AvgIpc) is 2.46. The summed E-state index contributed by atoms with van der Waals surface area (Å²) in [5, 5.41) is 14.3. The van der Waals surface area contributed by atoms with Crippen LogP contribution in [0.4, 0.5) is 11.4 Å². The van der Waals surface area contributed by atoms with E-state index in [1.165, 1.54) is 18.5 Å². The van der Waals surface area contributed by atoms with Crippen LogP contribution in [0.25, 0.3) is 10.9 Å². The van der Waals surface area contributed by atoms with Crippen LogP contribution in [-0.4, -0.2) is 35.2 Å². The number of nitrogens with one attached hydrogen (secondary N) is 2. The Hall–Kier alpha value is -2.48. The summed E-state index contributed by atoms with van der Waals surface area (Å²) in [4.78, 5) is 28.7. The standard InChI is InChI=1S/C13H16N4O4/c1-21-5-3-2-4-14-11-7-10-9(6-12(11)17(19)20)13(18)16-8-15-10/h6-8,14H,2-5H2,1H3,(H,15,16,18). The van der Waals surface area contributed by atoms with Crippen molar-refractivity contribution >= 4 is 22.3 Å². The van der Waals surface area contributed by atoms with Crippen LogP contribution >= 0.6 is 0 Å². The first-order valence-electron chi connectivity index (χ1n) is 6.52. The number of nitro benzene ring substituents is 1. The largest absolute Gasteiger partial charge is 0.385 e. The zero-order valence-electron chi connectivity index (χ0n) is 11.6. The molecule has 1 aromatic carbocycles. The predicted molar refractivity (Wildman–Crippen MR) is 78.6 cm³/mol. The molecule has 0 aliphatic heterocycles. The summed E-state index contributed by atoms with van der Waals surface area (Å²) < 4.78 is 4.94. The molecule has 112 valence electrons. The number of ether oxygens (including phenoxy) is 1. The summed E-state index contributed by atoms with van der Waals surface area (Å²) in [6.45, 7) is 1.23. The second kappa shape index (κ2) is 6.80. The molecule has 0 fully saturated rings. The summed E-state index contributed by atoms with van der Waals surface area (Å²) in [6, 6.07) is 2.78. The van der Waals surface area contributed by atoms with E-state index < -0.39 is 10.5 Å². The Morgan fingerprint density at radius 1 is 1.43 bits per heavy atom. The number of aromatic amines is 1. The topological polar surface area (TPSA) is 110 Å². The van der Waals surface area contributed by atoms with Gasteiger partial charge in [0.15, 0.2) is 0 Å². The maximum absolute atomic E-state index is 11.6. The third-order valence-electron chi connectivity index (χ3n) is 3.05. The van der Waals surface area contributed by atoms with Crippen LogP contribution in [0.2, 0.25) is 0 Å². The Bertz CT molecular complexity index is 698. The Kier molecular flexibility index (Phi) is 4.83. The maximum atomic E-state index is 11.6. The van der Waals surface area contributed by atoms with Gasteiger partial charge >= 0.3 is 0 Å². The van der Waals surface area contributed by atoms with Gasteiger partial charge in [-0.1, -0.05) is 0 Å². The van der Waals surface area contributed by atoms with Gasteiger partial charge in [-0.25, -0.2) is 4.98 Å². The zero-order chi connectivity index (χ0) is 15.2. The normalized spacial score (nSPS) is 10.7. The lowest BCUT2D eigenvalue weighted by Crippen LogP contribution is -2.09. The second-order valence-electron chi connectivity index (χ2n) is 4.50. The third-order valence-corrected chi connectivity index (χ3v) is 3.05. The highest BCUT2D eigenvalue weighted by atomic mass is 16.6. The van der Waals surface area contributed by atoms with E-state index in [2.05, 4.69) is 15.3 Å². The molecular formula is C13H16N4O4. The molecule has 8 nitrogen and oxygen atoms in total. The maximum Gasteiger partial charge on any atom is 0.293 e. The molecule has 0 saturated heterocycles. The quantitative estimate of drug-likeness (QED) is 0.456. The lowest BCUT2D eigenvalue weighted by molar-refractivity contribution is -0.383. The van der Waals surface area contributed by atoms with Crippen LogP contribution in [0.5, 0.6) is 0 Å². The van der Waals surface area contributed by atoms with Crippen LogP contribution in [0.15, 0.2) is 23.3 Å². The summed E-state index contributed by atoms with van der Waals surface area (Å²) in [6.07, 6.45) is 2.97. The number of nitrogens with zero attached hydrogens (tertiary/aromatic N) is 2. The molecule has 2 aromatic rings. The lowest BCUT2D eigenvalue weighted by Gasteiger charge is -2.08. The molecule has 0 radical (unpaired) electrons. The minimum atomic E-state index is -0.511. The van der Waals surface area contributed by atoms with Gasteiger partial charge in [0.25, 0.3) is 11.2 Å². The molecule has 0 aliphatic carbocycles. The fraction of sp³-hybridized carbons (Fsp3) is 0.385. The number of unbranched alkanes of at least 4 members (excludes halogenated alkanes) is 1. The van der Waals surface area contributed by atoms with E-state index in [1.807, 2.05) is 0 Å². The van der Waals surface area contributed by atoms with Crippen molar-refractivity contribution < 1.29 is 9.66 Å². The lowest BCUT2D eigenvalue weighted by atomic mass is 10.2. The molecule has 0 atom stereocenters. The smallest absolute Gasteiger partial charge is 0.293 e. The molecule has 0 unspecified atom stereocenters. The summed E-state index contributed by atoms with van der Waals surface area (Å²) >= 11 is 0. The van der Waals surface area contributed by atoms with Crippen molar-refractivity contribution in [2.24, 2.45) is 0 Å². The number of benzene rings is 1. The van der Waals surface area contributed by atoms with E-state index in [9.17, 15) is 14.9 Å². The molecule has 2 N–H and O–H groups in total. The number of hydrogen-bond donors (Lipinski definition) is 2. The number of fused-ring (bicyclic) bond motifs is 1. The van der Waals surface area contributed by atoms with E-state index in [0.717, 1.165) is 12.8 Å². The first kappa shape index (κ1) is 14.9. The SMILES string of the molecule is COCCCCNc1cc2nc[nH]c(=O)c2cc1[N+](=O)[O-]. The Morgan fingerprint density at radius 3 is 2.95 bits per heavy atom. The Morgan fingerprint density at radius 2 is 2.24 bits per heavy atom. The van der Waals surface area contributed by atoms with E-state index in [4.69, 9.17) is 4.74 Å². The Balaban J connectivity index is 2.26. The number of H-pyrrole nitrogens is 1.